The minimum atomic E-state index is -4.95. The molecule has 0 amide bonds. The van der Waals surface area contributed by atoms with Crippen LogP contribution < -0.4 is 0 Å². The topological polar surface area (TPSA) is 237 Å². The fraction of sp³-hybridized carbons (Fsp3) is 0.939. The summed E-state index contributed by atoms with van der Waals surface area (Å²) in [4.78, 5) is 72.3. The van der Waals surface area contributed by atoms with Crippen LogP contribution in [0.15, 0.2) is 0 Å². The Morgan fingerprint density at radius 3 is 0.800 bits per heavy atom. The summed E-state index contributed by atoms with van der Waals surface area (Å²) in [7, 11) is -9.89. The van der Waals surface area contributed by atoms with Crippen LogP contribution in [0.1, 0.15) is 325 Å². The van der Waals surface area contributed by atoms with E-state index in [2.05, 4.69) is 48.5 Å². The quantitative estimate of drug-likeness (QED) is 0.0222. The molecular formula is C66H128O17P2. The van der Waals surface area contributed by atoms with Gasteiger partial charge < -0.3 is 33.8 Å². The Labute approximate surface area is 517 Å². The molecule has 0 aliphatic rings. The zero-order valence-corrected chi connectivity index (χ0v) is 56.9. The highest BCUT2D eigenvalue weighted by molar-refractivity contribution is 7.47. The molecule has 0 aromatic heterocycles. The predicted molar refractivity (Wildman–Crippen MR) is 340 cm³/mol. The van der Waals surface area contributed by atoms with Gasteiger partial charge in [0.25, 0.3) is 0 Å². The zero-order chi connectivity index (χ0) is 63.1. The smallest absolute Gasteiger partial charge is 0.462 e. The first-order valence-electron chi connectivity index (χ1n) is 34.3. The van der Waals surface area contributed by atoms with Gasteiger partial charge in [-0.1, -0.05) is 273 Å². The van der Waals surface area contributed by atoms with E-state index in [4.69, 9.17) is 37.0 Å². The Bertz CT molecular complexity index is 1680. The van der Waals surface area contributed by atoms with Crippen LogP contribution in [0.3, 0.4) is 0 Å². The minimum Gasteiger partial charge on any atom is -0.462 e. The van der Waals surface area contributed by atoms with Crippen molar-refractivity contribution < 1.29 is 80.2 Å². The molecule has 0 aliphatic carbocycles. The number of carbonyl (C=O) groups is 4. The monoisotopic (exact) mass is 1250 g/mol. The number of ether oxygens (including phenoxy) is 4. The second-order valence-electron chi connectivity index (χ2n) is 25.3. The standard InChI is InChI=1S/C66H128O17P2/c1-8-9-10-11-12-13-14-15-18-21-24-33-40-47-63(68)76-53-61(82-65(70)49-42-35-25-22-19-16-17-20-23-30-37-44-57(2)3)55-80-84(72,73)78-51-60(67)52-79-85(74,75)81-56-62(83-66(71)50-43-36-29-27-32-39-46-59(6)7)54-77-64(69)48-41-34-28-26-31-38-45-58(4)5/h57-62,67H,8-56H2,1-7H3,(H,72,73)(H,74,75)/t60-,61-,62-/m1/s1. The third kappa shape index (κ3) is 60.7. The van der Waals surface area contributed by atoms with E-state index in [1.54, 1.807) is 0 Å². The van der Waals surface area contributed by atoms with Crippen molar-refractivity contribution in [2.75, 3.05) is 39.6 Å². The summed E-state index contributed by atoms with van der Waals surface area (Å²) in [6.45, 7) is 11.6. The second-order valence-corrected chi connectivity index (χ2v) is 28.2. The maximum atomic E-state index is 13.0. The van der Waals surface area contributed by atoms with Crippen molar-refractivity contribution in [2.45, 2.75) is 343 Å². The Balaban J connectivity index is 5.23. The lowest BCUT2D eigenvalue weighted by Gasteiger charge is -2.21. The maximum Gasteiger partial charge on any atom is 0.472 e. The van der Waals surface area contributed by atoms with E-state index in [-0.39, 0.29) is 25.7 Å². The first kappa shape index (κ1) is 83.1. The number of aliphatic hydroxyl groups is 1. The normalized spacial score (nSPS) is 14.3. The average molecular weight is 1260 g/mol. The van der Waals surface area contributed by atoms with Crippen molar-refractivity contribution in [3.8, 4) is 0 Å². The van der Waals surface area contributed by atoms with Crippen molar-refractivity contribution in [1.29, 1.82) is 0 Å². The van der Waals surface area contributed by atoms with Crippen LogP contribution in [-0.4, -0.2) is 96.7 Å². The molecule has 19 heteroatoms. The summed E-state index contributed by atoms with van der Waals surface area (Å²) in [5.74, 6) is -0.0232. The largest absolute Gasteiger partial charge is 0.472 e. The SMILES string of the molecule is CCCCCCCCCCCCCCCC(=O)OC[C@H](COP(=O)(O)OC[C@@H](O)COP(=O)(O)OC[C@@H](COC(=O)CCCCCCCCC(C)C)OC(=O)CCCCCCCCC(C)C)OC(=O)CCCCCCCCCCCCCC(C)C. The highest BCUT2D eigenvalue weighted by atomic mass is 31.2. The van der Waals surface area contributed by atoms with Crippen LogP contribution in [0, 0.1) is 17.8 Å². The molecule has 2 unspecified atom stereocenters. The van der Waals surface area contributed by atoms with Gasteiger partial charge in [0.05, 0.1) is 26.4 Å². The summed E-state index contributed by atoms with van der Waals surface area (Å²) in [6.07, 6.45) is 39.2. The molecule has 0 aromatic carbocycles. The number of phosphoric acid groups is 2. The molecule has 0 aliphatic heterocycles. The molecule has 0 radical (unpaired) electrons. The van der Waals surface area contributed by atoms with Gasteiger partial charge >= 0.3 is 39.5 Å². The fourth-order valence-electron chi connectivity index (χ4n) is 9.83. The number of carbonyl (C=O) groups excluding carboxylic acids is 4. The van der Waals surface area contributed by atoms with Gasteiger partial charge in [0.15, 0.2) is 12.2 Å². The first-order chi connectivity index (χ1) is 40.7. The number of phosphoric ester groups is 2. The Kier molecular flexibility index (Phi) is 55.9. The van der Waals surface area contributed by atoms with Gasteiger partial charge in [-0.2, -0.15) is 0 Å². The van der Waals surface area contributed by atoms with Crippen molar-refractivity contribution in [2.24, 2.45) is 17.8 Å². The van der Waals surface area contributed by atoms with E-state index < -0.39 is 97.5 Å². The zero-order valence-electron chi connectivity index (χ0n) is 55.1. The summed E-state index contributed by atoms with van der Waals surface area (Å²) in [6, 6.07) is 0. The minimum absolute atomic E-state index is 0.101. The van der Waals surface area contributed by atoms with Crippen LogP contribution in [-0.2, 0) is 65.4 Å². The molecule has 0 fully saturated rings. The van der Waals surface area contributed by atoms with Gasteiger partial charge in [-0.25, -0.2) is 9.13 Å². The van der Waals surface area contributed by atoms with Crippen molar-refractivity contribution in [1.82, 2.24) is 0 Å². The second kappa shape index (κ2) is 57.2. The van der Waals surface area contributed by atoms with Gasteiger partial charge in [-0.3, -0.25) is 37.3 Å². The molecule has 0 rings (SSSR count). The Morgan fingerprint density at radius 2 is 0.541 bits per heavy atom. The highest BCUT2D eigenvalue weighted by Gasteiger charge is 2.30. The molecule has 0 saturated heterocycles. The highest BCUT2D eigenvalue weighted by Crippen LogP contribution is 2.45. The Morgan fingerprint density at radius 1 is 0.318 bits per heavy atom. The van der Waals surface area contributed by atoms with Gasteiger partial charge in [-0.05, 0) is 43.4 Å². The number of unbranched alkanes of at least 4 members (excludes halogenated alkanes) is 32. The molecule has 3 N–H and O–H groups in total. The number of aliphatic hydroxyl groups excluding tert-OH is 1. The molecule has 504 valence electrons. The van der Waals surface area contributed by atoms with Gasteiger partial charge in [0.1, 0.15) is 19.3 Å². The summed E-state index contributed by atoms with van der Waals surface area (Å²) in [5, 5.41) is 10.5. The molecular weight excluding hydrogens is 1130 g/mol. The fourth-order valence-corrected chi connectivity index (χ4v) is 11.4. The van der Waals surface area contributed by atoms with Gasteiger partial charge in [0.2, 0.25) is 0 Å². The molecule has 85 heavy (non-hydrogen) atoms. The Hall–Kier alpha value is -1.94. The molecule has 0 bridgehead atoms. The van der Waals surface area contributed by atoms with Crippen LogP contribution in [0.5, 0.6) is 0 Å². The summed E-state index contributed by atoms with van der Waals surface area (Å²) in [5.41, 5.74) is 0. The van der Waals surface area contributed by atoms with E-state index in [9.17, 15) is 43.2 Å². The molecule has 17 nitrogen and oxygen atoms in total. The molecule has 5 atom stereocenters. The molecule has 0 aromatic rings. The van der Waals surface area contributed by atoms with E-state index in [0.717, 1.165) is 102 Å². The number of esters is 4. The third-order valence-corrected chi connectivity index (χ3v) is 17.0. The lowest BCUT2D eigenvalue weighted by atomic mass is 10.0. The van der Waals surface area contributed by atoms with Crippen LogP contribution >= 0.6 is 15.6 Å². The number of hydrogen-bond acceptors (Lipinski definition) is 15. The van der Waals surface area contributed by atoms with Gasteiger partial charge in [-0.15, -0.1) is 0 Å². The van der Waals surface area contributed by atoms with Crippen molar-refractivity contribution >= 4 is 39.5 Å². The van der Waals surface area contributed by atoms with Crippen LogP contribution in [0.2, 0.25) is 0 Å². The van der Waals surface area contributed by atoms with Crippen molar-refractivity contribution in [3.05, 3.63) is 0 Å². The van der Waals surface area contributed by atoms with E-state index in [1.165, 1.54) is 128 Å². The summed E-state index contributed by atoms with van der Waals surface area (Å²) >= 11 is 0. The summed E-state index contributed by atoms with van der Waals surface area (Å²) < 4.78 is 68.0. The van der Waals surface area contributed by atoms with Crippen LogP contribution in [0.4, 0.5) is 0 Å². The van der Waals surface area contributed by atoms with E-state index >= 15 is 0 Å². The third-order valence-electron chi connectivity index (χ3n) is 15.1. The van der Waals surface area contributed by atoms with Gasteiger partial charge in [0, 0.05) is 25.7 Å². The predicted octanol–water partition coefficient (Wildman–Crippen LogP) is 18.3. The van der Waals surface area contributed by atoms with E-state index in [0.29, 0.717) is 37.5 Å². The first-order valence-corrected chi connectivity index (χ1v) is 37.3. The maximum absolute atomic E-state index is 13.0. The number of rotatable bonds is 64. The van der Waals surface area contributed by atoms with Crippen molar-refractivity contribution in [3.63, 3.8) is 0 Å². The lowest BCUT2D eigenvalue weighted by Crippen LogP contribution is -2.30. The molecule has 0 heterocycles. The molecule has 0 spiro atoms. The lowest BCUT2D eigenvalue weighted by molar-refractivity contribution is -0.161. The molecule has 0 saturated carbocycles. The van der Waals surface area contributed by atoms with E-state index in [1.807, 2.05) is 0 Å². The van der Waals surface area contributed by atoms with Crippen LogP contribution in [0.25, 0.3) is 0 Å². The average Bonchev–Trinajstić information content (AvgIpc) is 3.55. The number of hydrogen-bond donors (Lipinski definition) is 3.